The van der Waals surface area contributed by atoms with E-state index in [1.807, 2.05) is 78.5 Å². The van der Waals surface area contributed by atoms with E-state index in [-0.39, 0.29) is 0 Å². The predicted octanol–water partition coefficient (Wildman–Crippen LogP) is 3.48. The Morgan fingerprint density at radius 2 is 1.78 bits per heavy atom. The van der Waals surface area contributed by atoms with Crippen molar-refractivity contribution in [3.63, 3.8) is 0 Å². The van der Waals surface area contributed by atoms with Gasteiger partial charge in [-0.2, -0.15) is 5.26 Å². The zero-order chi connectivity index (χ0) is 16.4. The van der Waals surface area contributed by atoms with Gasteiger partial charge in [-0.15, -0.1) is 0 Å². The fourth-order valence-corrected chi connectivity index (χ4v) is 3.06. The highest BCUT2D eigenvalue weighted by atomic mass is 16.6. The largest absolute Gasteiger partial charge is 0.350 e. The number of hydrogen-bond acceptors (Lipinski definition) is 3. The lowest BCUT2D eigenvalue weighted by molar-refractivity contribution is -0.509. The SMILES string of the molecule is Cn1cc([C@@H](c2ccccc2)[C@@H](C#N)[N+](=O)[O-])c2ccccc21. The molecule has 2 atom stereocenters. The summed E-state index contributed by atoms with van der Waals surface area (Å²) in [6, 6.07) is 17.5. The molecular weight excluding hydrogens is 290 g/mol. The van der Waals surface area contributed by atoms with Crippen LogP contribution in [0.2, 0.25) is 0 Å². The van der Waals surface area contributed by atoms with E-state index in [2.05, 4.69) is 0 Å². The van der Waals surface area contributed by atoms with Gasteiger partial charge in [-0.3, -0.25) is 10.1 Å². The highest BCUT2D eigenvalue weighted by molar-refractivity contribution is 5.85. The zero-order valence-electron chi connectivity index (χ0n) is 12.6. The van der Waals surface area contributed by atoms with Gasteiger partial charge < -0.3 is 4.57 Å². The van der Waals surface area contributed by atoms with Crippen molar-refractivity contribution in [3.05, 3.63) is 82.0 Å². The van der Waals surface area contributed by atoms with E-state index in [9.17, 15) is 15.4 Å². The summed E-state index contributed by atoms with van der Waals surface area (Å²) in [6.07, 6.45) is 1.89. The number of nitrogens with zero attached hydrogens (tertiary/aromatic N) is 3. The molecule has 0 saturated carbocycles. The fraction of sp³-hybridized carbons (Fsp3) is 0.167. The van der Waals surface area contributed by atoms with E-state index in [1.54, 1.807) is 0 Å². The third kappa shape index (κ3) is 2.55. The van der Waals surface area contributed by atoms with Crippen molar-refractivity contribution in [2.24, 2.45) is 7.05 Å². The third-order valence-corrected chi connectivity index (χ3v) is 4.10. The van der Waals surface area contributed by atoms with Crippen LogP contribution in [0.4, 0.5) is 0 Å². The maximum atomic E-state index is 11.4. The van der Waals surface area contributed by atoms with Crippen LogP contribution in [-0.2, 0) is 7.05 Å². The summed E-state index contributed by atoms with van der Waals surface area (Å²) in [5.74, 6) is -0.609. The van der Waals surface area contributed by atoms with Crippen molar-refractivity contribution in [3.8, 4) is 6.07 Å². The van der Waals surface area contributed by atoms with Crippen LogP contribution >= 0.6 is 0 Å². The van der Waals surface area contributed by atoms with Crippen LogP contribution in [0.3, 0.4) is 0 Å². The first-order valence-corrected chi connectivity index (χ1v) is 7.25. The van der Waals surface area contributed by atoms with Gasteiger partial charge in [0.05, 0.1) is 5.92 Å². The lowest BCUT2D eigenvalue weighted by atomic mass is 9.85. The number of hydrogen-bond donors (Lipinski definition) is 0. The second-order valence-electron chi connectivity index (χ2n) is 5.46. The molecule has 23 heavy (non-hydrogen) atoms. The van der Waals surface area contributed by atoms with Crippen molar-refractivity contribution >= 4 is 10.9 Å². The van der Waals surface area contributed by atoms with Crippen LogP contribution < -0.4 is 0 Å². The Hall–Kier alpha value is -3.13. The zero-order valence-corrected chi connectivity index (χ0v) is 12.6. The molecule has 0 spiro atoms. The summed E-state index contributed by atoms with van der Waals surface area (Å²) in [6.45, 7) is 0. The molecule has 114 valence electrons. The normalized spacial score (nSPS) is 13.4. The summed E-state index contributed by atoms with van der Waals surface area (Å²) in [5.41, 5.74) is 2.56. The smallest absolute Gasteiger partial charge is 0.307 e. The minimum absolute atomic E-state index is 0.501. The Labute approximate surface area is 133 Å². The van der Waals surface area contributed by atoms with Crippen molar-refractivity contribution in [1.82, 2.24) is 4.57 Å². The van der Waals surface area contributed by atoms with Crippen LogP contribution in [0.25, 0.3) is 10.9 Å². The number of nitro groups is 1. The van der Waals surface area contributed by atoms with Crippen LogP contribution in [0, 0.1) is 21.4 Å². The Kier molecular flexibility index (Phi) is 3.82. The van der Waals surface area contributed by atoms with Crippen molar-refractivity contribution in [2.75, 3.05) is 0 Å². The quantitative estimate of drug-likeness (QED) is 0.547. The molecule has 0 amide bonds. The van der Waals surface area contributed by atoms with E-state index in [0.29, 0.717) is 0 Å². The first-order chi connectivity index (χ1) is 11.1. The molecule has 3 aromatic rings. The number of aryl methyl sites for hydroxylation is 1. The fourth-order valence-electron chi connectivity index (χ4n) is 3.06. The molecule has 5 heteroatoms. The molecule has 0 saturated heterocycles. The summed E-state index contributed by atoms with van der Waals surface area (Å²) >= 11 is 0. The molecule has 0 aliphatic heterocycles. The van der Waals surface area contributed by atoms with Crippen molar-refractivity contribution < 1.29 is 4.92 Å². The van der Waals surface area contributed by atoms with Gasteiger partial charge in [0.2, 0.25) is 0 Å². The van der Waals surface area contributed by atoms with Gasteiger partial charge in [-0.1, -0.05) is 48.5 Å². The first kappa shape index (κ1) is 14.8. The second kappa shape index (κ2) is 5.93. The number of aromatic nitrogens is 1. The monoisotopic (exact) mass is 305 g/mol. The number of para-hydroxylation sites is 1. The summed E-state index contributed by atoms with van der Waals surface area (Å²) in [4.78, 5) is 10.9. The molecule has 1 heterocycles. The molecule has 5 nitrogen and oxygen atoms in total. The van der Waals surface area contributed by atoms with E-state index in [1.165, 1.54) is 0 Å². The Bertz CT molecular complexity index is 894. The van der Waals surface area contributed by atoms with Gasteiger partial charge in [0.15, 0.2) is 0 Å². The van der Waals surface area contributed by atoms with Gasteiger partial charge in [0.1, 0.15) is 6.07 Å². The molecule has 0 aliphatic carbocycles. The minimum atomic E-state index is -1.33. The lowest BCUT2D eigenvalue weighted by Gasteiger charge is -2.16. The highest BCUT2D eigenvalue weighted by Gasteiger charge is 2.36. The summed E-state index contributed by atoms with van der Waals surface area (Å²) in [5, 5.41) is 21.7. The topological polar surface area (TPSA) is 71.9 Å². The minimum Gasteiger partial charge on any atom is -0.350 e. The van der Waals surface area contributed by atoms with Gasteiger partial charge in [0, 0.05) is 29.1 Å². The van der Waals surface area contributed by atoms with E-state index >= 15 is 0 Å². The Morgan fingerprint density at radius 3 is 2.43 bits per heavy atom. The maximum Gasteiger partial charge on any atom is 0.307 e. The summed E-state index contributed by atoms with van der Waals surface area (Å²) in [7, 11) is 1.90. The highest BCUT2D eigenvalue weighted by Crippen LogP contribution is 2.35. The van der Waals surface area contributed by atoms with Gasteiger partial charge in [-0.05, 0) is 17.2 Å². The van der Waals surface area contributed by atoms with Crippen molar-refractivity contribution in [2.45, 2.75) is 12.0 Å². The van der Waals surface area contributed by atoms with E-state index in [4.69, 9.17) is 0 Å². The van der Waals surface area contributed by atoms with Crippen LogP contribution in [0.5, 0.6) is 0 Å². The standard InChI is InChI=1S/C18H15N3O2/c1-20-12-15(14-9-5-6-10-16(14)20)18(17(11-19)21(22)23)13-7-3-2-4-8-13/h2-10,12,17-18H,1H3/t17-,18-/m1/s1. The molecule has 1 aromatic heterocycles. The number of nitriles is 1. The van der Waals surface area contributed by atoms with Gasteiger partial charge >= 0.3 is 6.04 Å². The number of fused-ring (bicyclic) bond motifs is 1. The van der Waals surface area contributed by atoms with E-state index in [0.717, 1.165) is 22.0 Å². The average Bonchev–Trinajstić information content (AvgIpc) is 2.90. The molecule has 0 bridgehead atoms. The second-order valence-corrected chi connectivity index (χ2v) is 5.46. The number of rotatable bonds is 4. The molecule has 2 aromatic carbocycles. The van der Waals surface area contributed by atoms with E-state index < -0.39 is 16.9 Å². The summed E-state index contributed by atoms with van der Waals surface area (Å²) < 4.78 is 1.94. The maximum absolute atomic E-state index is 11.4. The molecular formula is C18H15N3O2. The van der Waals surface area contributed by atoms with Crippen LogP contribution in [0.1, 0.15) is 17.0 Å². The number of benzene rings is 2. The van der Waals surface area contributed by atoms with Crippen LogP contribution in [-0.4, -0.2) is 15.5 Å². The van der Waals surface area contributed by atoms with Crippen LogP contribution in [0.15, 0.2) is 60.8 Å². The molecule has 0 N–H and O–H groups in total. The average molecular weight is 305 g/mol. The molecule has 0 fully saturated rings. The van der Waals surface area contributed by atoms with Gasteiger partial charge in [-0.25, -0.2) is 0 Å². The van der Waals surface area contributed by atoms with Gasteiger partial charge in [0.25, 0.3) is 0 Å². The lowest BCUT2D eigenvalue weighted by Crippen LogP contribution is -2.26. The molecule has 0 unspecified atom stereocenters. The molecule has 3 rings (SSSR count). The molecule has 0 radical (unpaired) electrons. The Morgan fingerprint density at radius 1 is 1.13 bits per heavy atom. The predicted molar refractivity (Wildman–Crippen MR) is 87.6 cm³/mol. The van der Waals surface area contributed by atoms with Crippen molar-refractivity contribution in [1.29, 1.82) is 5.26 Å². The molecule has 0 aliphatic rings. The Balaban J connectivity index is 2.27. The first-order valence-electron chi connectivity index (χ1n) is 7.25. The third-order valence-electron chi connectivity index (χ3n) is 4.10.